The third kappa shape index (κ3) is 1.96. The molecule has 0 amide bonds. The van der Waals surface area contributed by atoms with E-state index in [-0.39, 0.29) is 0 Å². The van der Waals surface area contributed by atoms with Gasteiger partial charge in [0.2, 0.25) is 0 Å². The first-order valence-electron chi connectivity index (χ1n) is 5.03. The van der Waals surface area contributed by atoms with E-state index in [0.29, 0.717) is 11.8 Å². The standard InChI is InChI=1S/C12H20O/c1-8(2)11-7-6-9(3)10(4)12(11)13-5/h7-9H,6H2,1-5H3. The second-order valence-corrected chi connectivity index (χ2v) is 4.17. The number of hydrogen-bond donors (Lipinski definition) is 0. The Morgan fingerprint density at radius 1 is 1.46 bits per heavy atom. The van der Waals surface area contributed by atoms with Gasteiger partial charge in [0.15, 0.2) is 0 Å². The Balaban J connectivity index is 3.00. The van der Waals surface area contributed by atoms with Crippen molar-refractivity contribution in [2.24, 2.45) is 11.8 Å². The molecule has 74 valence electrons. The van der Waals surface area contributed by atoms with Gasteiger partial charge in [0.05, 0.1) is 7.11 Å². The summed E-state index contributed by atoms with van der Waals surface area (Å²) in [6, 6.07) is 0. The average Bonchev–Trinajstić information content (AvgIpc) is 2.09. The Hall–Kier alpha value is -0.720. The minimum atomic E-state index is 0.567. The Kier molecular flexibility index (Phi) is 3.18. The molecule has 0 saturated heterocycles. The lowest BCUT2D eigenvalue weighted by molar-refractivity contribution is 0.281. The molecule has 1 aliphatic rings. The highest BCUT2D eigenvalue weighted by atomic mass is 16.5. The molecule has 1 unspecified atom stereocenters. The maximum absolute atomic E-state index is 5.46. The second-order valence-electron chi connectivity index (χ2n) is 4.17. The maximum atomic E-state index is 5.46. The largest absolute Gasteiger partial charge is 0.497 e. The van der Waals surface area contributed by atoms with Gasteiger partial charge in [-0.3, -0.25) is 0 Å². The first kappa shape index (κ1) is 10.4. The Bertz CT molecular complexity index is 246. The van der Waals surface area contributed by atoms with Crippen LogP contribution in [0.2, 0.25) is 0 Å². The summed E-state index contributed by atoms with van der Waals surface area (Å²) < 4.78 is 5.46. The minimum Gasteiger partial charge on any atom is -0.497 e. The molecule has 0 spiro atoms. The van der Waals surface area contributed by atoms with Gasteiger partial charge in [0.1, 0.15) is 5.76 Å². The third-order valence-electron chi connectivity index (χ3n) is 2.88. The van der Waals surface area contributed by atoms with E-state index >= 15 is 0 Å². The van der Waals surface area contributed by atoms with E-state index in [1.54, 1.807) is 7.11 Å². The van der Waals surface area contributed by atoms with Crippen molar-refractivity contribution in [3.63, 3.8) is 0 Å². The molecule has 13 heavy (non-hydrogen) atoms. The van der Waals surface area contributed by atoms with E-state index < -0.39 is 0 Å². The van der Waals surface area contributed by atoms with Crippen molar-refractivity contribution in [1.29, 1.82) is 0 Å². The highest BCUT2D eigenvalue weighted by Crippen LogP contribution is 2.33. The zero-order valence-corrected chi connectivity index (χ0v) is 9.35. The molecule has 1 rings (SSSR count). The Morgan fingerprint density at radius 3 is 2.54 bits per heavy atom. The van der Waals surface area contributed by atoms with Crippen LogP contribution >= 0.6 is 0 Å². The van der Waals surface area contributed by atoms with Crippen molar-refractivity contribution in [2.45, 2.75) is 34.1 Å². The number of ether oxygens (including phenoxy) is 1. The van der Waals surface area contributed by atoms with Crippen molar-refractivity contribution in [1.82, 2.24) is 0 Å². The number of allylic oxidation sites excluding steroid dienone is 3. The first-order chi connectivity index (χ1) is 6.07. The van der Waals surface area contributed by atoms with Crippen LogP contribution in [0.3, 0.4) is 0 Å². The molecular formula is C12H20O. The predicted molar refractivity (Wildman–Crippen MR) is 56.4 cm³/mol. The molecule has 0 heterocycles. The van der Waals surface area contributed by atoms with E-state index in [2.05, 4.69) is 33.8 Å². The fourth-order valence-corrected chi connectivity index (χ4v) is 1.80. The van der Waals surface area contributed by atoms with Crippen molar-refractivity contribution < 1.29 is 4.74 Å². The van der Waals surface area contributed by atoms with Gasteiger partial charge in [-0.2, -0.15) is 0 Å². The summed E-state index contributed by atoms with van der Waals surface area (Å²) in [6.07, 6.45) is 3.48. The van der Waals surface area contributed by atoms with Crippen LogP contribution in [0.5, 0.6) is 0 Å². The molecule has 0 aromatic carbocycles. The number of rotatable bonds is 2. The molecule has 1 atom stereocenters. The van der Waals surface area contributed by atoms with Crippen LogP contribution < -0.4 is 0 Å². The molecule has 0 aromatic heterocycles. The second kappa shape index (κ2) is 3.99. The fraction of sp³-hybridized carbons (Fsp3) is 0.667. The zero-order valence-electron chi connectivity index (χ0n) is 9.35. The fourth-order valence-electron chi connectivity index (χ4n) is 1.80. The van der Waals surface area contributed by atoms with Crippen LogP contribution in [-0.4, -0.2) is 7.11 Å². The average molecular weight is 180 g/mol. The Morgan fingerprint density at radius 2 is 2.08 bits per heavy atom. The van der Waals surface area contributed by atoms with Crippen LogP contribution in [0, 0.1) is 11.8 Å². The van der Waals surface area contributed by atoms with Crippen molar-refractivity contribution in [3.05, 3.63) is 23.0 Å². The van der Waals surface area contributed by atoms with Crippen LogP contribution in [-0.2, 0) is 4.74 Å². The molecule has 1 heteroatoms. The highest BCUT2D eigenvalue weighted by Gasteiger charge is 2.20. The molecule has 1 aliphatic carbocycles. The summed E-state index contributed by atoms with van der Waals surface area (Å²) >= 11 is 0. The molecule has 0 N–H and O–H groups in total. The molecular weight excluding hydrogens is 160 g/mol. The normalized spacial score (nSPS) is 23.5. The highest BCUT2D eigenvalue weighted by molar-refractivity contribution is 5.35. The van der Waals surface area contributed by atoms with Gasteiger partial charge in [-0.25, -0.2) is 0 Å². The Labute approximate surface area is 81.5 Å². The van der Waals surface area contributed by atoms with Gasteiger partial charge in [0.25, 0.3) is 0 Å². The number of hydrogen-bond acceptors (Lipinski definition) is 1. The lowest BCUT2D eigenvalue weighted by Gasteiger charge is -2.25. The van der Waals surface area contributed by atoms with E-state index in [1.807, 2.05) is 0 Å². The van der Waals surface area contributed by atoms with Crippen LogP contribution in [0.4, 0.5) is 0 Å². The van der Waals surface area contributed by atoms with E-state index in [1.165, 1.54) is 11.1 Å². The summed E-state index contributed by atoms with van der Waals surface area (Å²) in [5, 5.41) is 0. The molecule has 0 aliphatic heterocycles. The number of methoxy groups -OCH3 is 1. The molecule has 0 aromatic rings. The molecule has 0 radical (unpaired) electrons. The van der Waals surface area contributed by atoms with Gasteiger partial charge >= 0.3 is 0 Å². The van der Waals surface area contributed by atoms with Crippen LogP contribution in [0.25, 0.3) is 0 Å². The van der Waals surface area contributed by atoms with Gasteiger partial charge in [0, 0.05) is 0 Å². The van der Waals surface area contributed by atoms with Gasteiger partial charge < -0.3 is 4.74 Å². The predicted octanol–water partition coefficient (Wildman–Crippen LogP) is 3.53. The smallest absolute Gasteiger partial charge is 0.121 e. The van der Waals surface area contributed by atoms with Crippen LogP contribution in [0.15, 0.2) is 23.0 Å². The summed E-state index contributed by atoms with van der Waals surface area (Å²) in [5.74, 6) is 2.32. The molecule has 0 fully saturated rings. The third-order valence-corrected chi connectivity index (χ3v) is 2.88. The molecule has 0 bridgehead atoms. The quantitative estimate of drug-likeness (QED) is 0.631. The van der Waals surface area contributed by atoms with Gasteiger partial charge in [-0.05, 0) is 36.3 Å². The summed E-state index contributed by atoms with van der Waals surface area (Å²) in [6.45, 7) is 8.86. The summed E-state index contributed by atoms with van der Waals surface area (Å²) in [5.41, 5.74) is 2.77. The van der Waals surface area contributed by atoms with Gasteiger partial charge in [-0.1, -0.05) is 26.8 Å². The van der Waals surface area contributed by atoms with Crippen molar-refractivity contribution >= 4 is 0 Å². The minimum absolute atomic E-state index is 0.567. The zero-order chi connectivity index (χ0) is 10.0. The maximum Gasteiger partial charge on any atom is 0.121 e. The van der Waals surface area contributed by atoms with Crippen molar-refractivity contribution in [2.75, 3.05) is 7.11 Å². The lowest BCUT2D eigenvalue weighted by atomic mass is 9.85. The summed E-state index contributed by atoms with van der Waals surface area (Å²) in [4.78, 5) is 0. The van der Waals surface area contributed by atoms with Crippen LogP contribution in [0.1, 0.15) is 34.1 Å². The van der Waals surface area contributed by atoms with E-state index in [4.69, 9.17) is 4.74 Å². The SMILES string of the molecule is COC1=C(C)C(C)CC=C1C(C)C. The van der Waals surface area contributed by atoms with E-state index in [0.717, 1.165) is 12.2 Å². The topological polar surface area (TPSA) is 9.23 Å². The molecule has 1 nitrogen and oxygen atoms in total. The first-order valence-corrected chi connectivity index (χ1v) is 5.03. The van der Waals surface area contributed by atoms with E-state index in [9.17, 15) is 0 Å². The van der Waals surface area contributed by atoms with Crippen molar-refractivity contribution in [3.8, 4) is 0 Å². The van der Waals surface area contributed by atoms with Gasteiger partial charge in [-0.15, -0.1) is 0 Å². The molecule has 0 saturated carbocycles. The monoisotopic (exact) mass is 180 g/mol. The summed E-state index contributed by atoms with van der Waals surface area (Å²) in [7, 11) is 1.77. The lowest BCUT2D eigenvalue weighted by Crippen LogP contribution is -2.12.